The third kappa shape index (κ3) is 3.75. The Balaban J connectivity index is 1.33. The van der Waals surface area contributed by atoms with Crippen LogP contribution in [0.1, 0.15) is 76.3 Å². The highest BCUT2D eigenvalue weighted by atomic mass is 16.5. The molecule has 1 atom stereocenters. The Kier molecular flexibility index (Phi) is 5.22. The number of rotatable bonds is 3. The summed E-state index contributed by atoms with van der Waals surface area (Å²) < 4.78 is 6.05. The maximum Gasteiger partial charge on any atom is 0.223 e. The van der Waals surface area contributed by atoms with Crippen LogP contribution in [0.4, 0.5) is 0 Å². The van der Waals surface area contributed by atoms with Crippen molar-refractivity contribution < 1.29 is 9.53 Å². The summed E-state index contributed by atoms with van der Waals surface area (Å²) in [4.78, 5) is 12.8. The third-order valence-electron chi connectivity index (χ3n) is 7.68. The molecule has 1 spiro atoms. The van der Waals surface area contributed by atoms with E-state index >= 15 is 0 Å². The van der Waals surface area contributed by atoms with Crippen molar-refractivity contribution >= 4 is 5.91 Å². The number of hydrogen-bond acceptors (Lipinski definition) is 2. The number of ether oxygens (including phenoxy) is 1. The van der Waals surface area contributed by atoms with Crippen molar-refractivity contribution in [2.24, 2.45) is 17.8 Å². The number of amides is 1. The standard InChI is InChI=1S/C24H35NO2/c1-16-4-7-20(8-5-16)25-23(26)18(3)19-10-12-24(13-11-19)15-27-22-14-17(2)6-9-21(22)24/h6,9,14,16,18-20H,4-5,7-8,10-13,15H2,1-3H3,(H,25,26)/t16?,18-,19?,20?,24?/m0/s1. The summed E-state index contributed by atoms with van der Waals surface area (Å²) in [5.74, 6) is 2.83. The Morgan fingerprint density at radius 2 is 1.85 bits per heavy atom. The third-order valence-corrected chi connectivity index (χ3v) is 7.68. The summed E-state index contributed by atoms with van der Waals surface area (Å²) in [6, 6.07) is 7.07. The lowest BCUT2D eigenvalue weighted by Crippen LogP contribution is -2.43. The van der Waals surface area contributed by atoms with Crippen LogP contribution in [0, 0.1) is 24.7 Å². The van der Waals surface area contributed by atoms with E-state index in [4.69, 9.17) is 4.74 Å². The van der Waals surface area contributed by atoms with Crippen molar-refractivity contribution in [1.82, 2.24) is 5.32 Å². The van der Waals surface area contributed by atoms with Gasteiger partial charge in [0.1, 0.15) is 5.75 Å². The minimum atomic E-state index is 0.126. The molecule has 3 heteroatoms. The van der Waals surface area contributed by atoms with Gasteiger partial charge >= 0.3 is 0 Å². The molecule has 0 radical (unpaired) electrons. The van der Waals surface area contributed by atoms with Gasteiger partial charge in [0, 0.05) is 22.9 Å². The van der Waals surface area contributed by atoms with Gasteiger partial charge in [-0.05, 0) is 81.8 Å². The maximum absolute atomic E-state index is 12.8. The van der Waals surface area contributed by atoms with E-state index in [0.29, 0.717) is 12.0 Å². The maximum atomic E-state index is 12.8. The first-order valence-electron chi connectivity index (χ1n) is 11.0. The number of hydrogen-bond donors (Lipinski definition) is 1. The van der Waals surface area contributed by atoms with Gasteiger partial charge in [-0.15, -0.1) is 0 Å². The molecule has 1 aliphatic heterocycles. The topological polar surface area (TPSA) is 38.3 Å². The first kappa shape index (κ1) is 18.8. The number of nitrogens with one attached hydrogen (secondary N) is 1. The molecule has 148 valence electrons. The number of fused-ring (bicyclic) bond motifs is 2. The smallest absolute Gasteiger partial charge is 0.223 e. The Morgan fingerprint density at radius 1 is 1.15 bits per heavy atom. The van der Waals surface area contributed by atoms with E-state index in [1.165, 1.54) is 24.0 Å². The molecule has 1 aromatic rings. The molecule has 4 rings (SSSR count). The fourth-order valence-corrected chi connectivity index (χ4v) is 5.54. The largest absolute Gasteiger partial charge is 0.492 e. The van der Waals surface area contributed by atoms with Crippen molar-refractivity contribution in [1.29, 1.82) is 0 Å². The molecule has 27 heavy (non-hydrogen) atoms. The molecule has 0 unspecified atom stereocenters. The van der Waals surface area contributed by atoms with Crippen molar-refractivity contribution in [3.8, 4) is 5.75 Å². The zero-order valence-corrected chi connectivity index (χ0v) is 17.2. The summed E-state index contributed by atoms with van der Waals surface area (Å²) >= 11 is 0. The molecule has 0 bridgehead atoms. The lowest BCUT2D eigenvalue weighted by molar-refractivity contribution is -0.127. The molecule has 1 aromatic carbocycles. The van der Waals surface area contributed by atoms with Gasteiger partial charge in [0.15, 0.2) is 0 Å². The monoisotopic (exact) mass is 369 g/mol. The highest BCUT2D eigenvalue weighted by Crippen LogP contribution is 2.50. The number of carbonyl (C=O) groups is 1. The molecule has 2 aliphatic carbocycles. The lowest BCUT2D eigenvalue weighted by Gasteiger charge is -2.38. The van der Waals surface area contributed by atoms with Crippen LogP contribution in [0.3, 0.4) is 0 Å². The number of aryl methyl sites for hydroxylation is 1. The Hall–Kier alpha value is -1.51. The van der Waals surface area contributed by atoms with Gasteiger partial charge in [-0.1, -0.05) is 26.0 Å². The van der Waals surface area contributed by atoms with Crippen LogP contribution in [0.15, 0.2) is 18.2 Å². The summed E-state index contributed by atoms with van der Waals surface area (Å²) in [6.45, 7) is 7.41. The highest BCUT2D eigenvalue weighted by Gasteiger charge is 2.44. The predicted octanol–water partition coefficient (Wildman–Crippen LogP) is 5.15. The molecule has 2 saturated carbocycles. The second kappa shape index (κ2) is 7.48. The molecule has 0 saturated heterocycles. The fraction of sp³-hybridized carbons (Fsp3) is 0.708. The van der Waals surface area contributed by atoms with E-state index < -0.39 is 0 Å². The second-order valence-electron chi connectivity index (χ2n) is 9.66. The van der Waals surface area contributed by atoms with Gasteiger partial charge in [-0.2, -0.15) is 0 Å². The first-order valence-corrected chi connectivity index (χ1v) is 11.0. The van der Waals surface area contributed by atoms with E-state index in [2.05, 4.69) is 44.3 Å². The fourth-order valence-electron chi connectivity index (χ4n) is 5.54. The summed E-state index contributed by atoms with van der Waals surface area (Å²) in [5.41, 5.74) is 2.86. The molecular weight excluding hydrogens is 334 g/mol. The van der Waals surface area contributed by atoms with E-state index in [0.717, 1.165) is 56.8 Å². The molecule has 0 aromatic heterocycles. The van der Waals surface area contributed by atoms with E-state index in [1.807, 2.05) is 0 Å². The number of carbonyl (C=O) groups excluding carboxylic acids is 1. The van der Waals surface area contributed by atoms with Gasteiger partial charge in [0.05, 0.1) is 6.61 Å². The van der Waals surface area contributed by atoms with Crippen LogP contribution < -0.4 is 10.1 Å². The van der Waals surface area contributed by atoms with Crippen molar-refractivity contribution in [2.45, 2.75) is 83.6 Å². The summed E-state index contributed by atoms with van der Waals surface area (Å²) in [5, 5.41) is 3.36. The van der Waals surface area contributed by atoms with Crippen LogP contribution in [-0.4, -0.2) is 18.6 Å². The Bertz CT molecular complexity index is 682. The Labute approximate surface area is 164 Å². The van der Waals surface area contributed by atoms with E-state index in [-0.39, 0.29) is 17.2 Å². The molecular formula is C24H35NO2. The first-order chi connectivity index (χ1) is 13.0. The minimum absolute atomic E-state index is 0.126. The van der Waals surface area contributed by atoms with Crippen molar-refractivity contribution in [2.75, 3.05) is 6.61 Å². The van der Waals surface area contributed by atoms with E-state index in [9.17, 15) is 4.79 Å². The Morgan fingerprint density at radius 3 is 2.56 bits per heavy atom. The van der Waals surface area contributed by atoms with Gasteiger partial charge in [0.25, 0.3) is 0 Å². The van der Waals surface area contributed by atoms with Crippen molar-refractivity contribution in [3.63, 3.8) is 0 Å². The molecule has 1 N–H and O–H groups in total. The highest BCUT2D eigenvalue weighted by molar-refractivity contribution is 5.79. The molecule has 3 nitrogen and oxygen atoms in total. The van der Waals surface area contributed by atoms with Crippen LogP contribution >= 0.6 is 0 Å². The molecule has 3 aliphatic rings. The lowest BCUT2D eigenvalue weighted by atomic mass is 9.65. The average molecular weight is 370 g/mol. The second-order valence-corrected chi connectivity index (χ2v) is 9.66. The predicted molar refractivity (Wildman–Crippen MR) is 109 cm³/mol. The van der Waals surface area contributed by atoms with E-state index in [1.54, 1.807) is 0 Å². The molecule has 2 fully saturated rings. The van der Waals surface area contributed by atoms with Crippen LogP contribution in [-0.2, 0) is 10.2 Å². The van der Waals surface area contributed by atoms with Crippen LogP contribution in [0.2, 0.25) is 0 Å². The zero-order chi connectivity index (χ0) is 19.0. The van der Waals surface area contributed by atoms with Crippen molar-refractivity contribution in [3.05, 3.63) is 29.3 Å². The van der Waals surface area contributed by atoms with Crippen LogP contribution in [0.5, 0.6) is 5.75 Å². The molecule has 1 amide bonds. The average Bonchev–Trinajstić information content (AvgIpc) is 3.01. The normalized spacial score (nSPS) is 34.0. The summed E-state index contributed by atoms with van der Waals surface area (Å²) in [6.07, 6.45) is 9.37. The SMILES string of the molecule is Cc1ccc2c(c1)OCC21CCC([C@H](C)C(=O)NC2CCC(C)CC2)CC1. The van der Waals surface area contributed by atoms with Gasteiger partial charge in [-0.25, -0.2) is 0 Å². The van der Waals surface area contributed by atoms with Gasteiger partial charge in [-0.3, -0.25) is 4.79 Å². The minimum Gasteiger partial charge on any atom is -0.492 e. The van der Waals surface area contributed by atoms with Gasteiger partial charge in [0.2, 0.25) is 5.91 Å². The quantitative estimate of drug-likeness (QED) is 0.800. The zero-order valence-electron chi connectivity index (χ0n) is 17.2. The summed E-state index contributed by atoms with van der Waals surface area (Å²) in [7, 11) is 0. The number of benzene rings is 1. The van der Waals surface area contributed by atoms with Crippen LogP contribution in [0.25, 0.3) is 0 Å². The van der Waals surface area contributed by atoms with Gasteiger partial charge < -0.3 is 10.1 Å². The molecule has 1 heterocycles.